The lowest BCUT2D eigenvalue weighted by Crippen LogP contribution is -2.24. The molecule has 0 fully saturated rings. The van der Waals surface area contributed by atoms with Crippen molar-refractivity contribution in [2.45, 2.75) is 6.04 Å². The second kappa shape index (κ2) is 3.62. The summed E-state index contributed by atoms with van der Waals surface area (Å²) in [6.07, 6.45) is 1.80. The summed E-state index contributed by atoms with van der Waals surface area (Å²) < 4.78 is 0. The molecule has 1 heterocycles. The molecule has 12 heavy (non-hydrogen) atoms. The molecule has 4 nitrogen and oxygen atoms in total. The van der Waals surface area contributed by atoms with Gasteiger partial charge in [-0.25, -0.2) is 0 Å². The normalized spacial score (nSPS) is 25.0. The Labute approximate surface area is 78.1 Å². The first kappa shape index (κ1) is 9.12. The van der Waals surface area contributed by atoms with Crippen LogP contribution in [-0.4, -0.2) is 36.4 Å². The smallest absolute Gasteiger partial charge is 0.225 e. The van der Waals surface area contributed by atoms with Gasteiger partial charge in [0.1, 0.15) is 0 Å². The van der Waals surface area contributed by atoms with Gasteiger partial charge in [-0.1, -0.05) is 15.9 Å². The molecule has 0 aliphatic carbocycles. The molecule has 64 valence electrons. The number of rotatable bonds is 2. The van der Waals surface area contributed by atoms with Crippen LogP contribution in [0.2, 0.25) is 0 Å². The number of Topliss-reactive ketones (excluding diaryl/α,β-unsaturated/α-hetero) is 1. The van der Waals surface area contributed by atoms with Crippen LogP contribution >= 0.6 is 15.9 Å². The number of carbonyl (C=O) groups is 2. The minimum atomic E-state index is -0.660. The molecule has 0 bridgehead atoms. The van der Waals surface area contributed by atoms with Gasteiger partial charge in [-0.2, -0.15) is 0 Å². The fraction of sp³-hybridized carbons (Fsp3) is 0.286. The third kappa shape index (κ3) is 1.45. The molecule has 0 saturated heterocycles. The highest BCUT2D eigenvalue weighted by Crippen LogP contribution is 2.17. The Kier molecular flexibility index (Phi) is 2.75. The zero-order chi connectivity index (χ0) is 9.14. The van der Waals surface area contributed by atoms with E-state index in [1.807, 2.05) is 0 Å². The summed E-state index contributed by atoms with van der Waals surface area (Å²) in [5, 5.41) is 0. The Bertz CT molecular complexity index is 273. The molecule has 1 aliphatic rings. The van der Waals surface area contributed by atoms with Crippen LogP contribution in [0.3, 0.4) is 0 Å². The maximum Gasteiger partial charge on any atom is 0.225 e. The van der Waals surface area contributed by atoms with E-state index in [1.165, 1.54) is 6.34 Å². The molecule has 0 aromatic rings. The quantitative estimate of drug-likeness (QED) is 0.508. The predicted octanol–water partition coefficient (Wildman–Crippen LogP) is 0.333. The SMILES string of the molecule is CN1C=NC(C(=O)C=O)/C1=C/Br. The van der Waals surface area contributed by atoms with Gasteiger partial charge >= 0.3 is 0 Å². The van der Waals surface area contributed by atoms with Crippen LogP contribution in [0.15, 0.2) is 15.7 Å². The fourth-order valence-corrected chi connectivity index (χ4v) is 1.50. The van der Waals surface area contributed by atoms with Crippen LogP contribution in [-0.2, 0) is 9.59 Å². The van der Waals surface area contributed by atoms with E-state index in [9.17, 15) is 9.59 Å². The number of halogens is 1. The molecule has 1 atom stereocenters. The Morgan fingerprint density at radius 3 is 3.00 bits per heavy atom. The summed E-state index contributed by atoms with van der Waals surface area (Å²) in [6.45, 7) is 0. The van der Waals surface area contributed by atoms with Crippen molar-refractivity contribution in [3.8, 4) is 0 Å². The molecule has 0 spiro atoms. The maximum absolute atomic E-state index is 11.0. The second-order valence-corrected chi connectivity index (χ2v) is 2.79. The van der Waals surface area contributed by atoms with Gasteiger partial charge in [-0.3, -0.25) is 14.6 Å². The molecule has 0 aromatic carbocycles. The van der Waals surface area contributed by atoms with Crippen LogP contribution in [0.5, 0.6) is 0 Å². The summed E-state index contributed by atoms with van der Waals surface area (Å²) >= 11 is 3.10. The van der Waals surface area contributed by atoms with Crippen LogP contribution in [0.4, 0.5) is 0 Å². The third-order valence-electron chi connectivity index (χ3n) is 1.57. The van der Waals surface area contributed by atoms with Crippen LogP contribution < -0.4 is 0 Å². The van der Waals surface area contributed by atoms with Gasteiger partial charge in [0, 0.05) is 12.0 Å². The Morgan fingerprint density at radius 1 is 1.83 bits per heavy atom. The largest absolute Gasteiger partial charge is 0.337 e. The van der Waals surface area contributed by atoms with Gasteiger partial charge in [0.2, 0.25) is 5.78 Å². The summed E-state index contributed by atoms with van der Waals surface area (Å²) in [6, 6.07) is -0.660. The van der Waals surface area contributed by atoms with Crippen molar-refractivity contribution in [1.29, 1.82) is 0 Å². The molecule has 1 rings (SSSR count). The number of aliphatic imine (C=N–C) groups is 1. The zero-order valence-corrected chi connectivity index (χ0v) is 7.98. The summed E-state index contributed by atoms with van der Waals surface area (Å²) in [4.78, 5) is 28.3. The number of ketones is 1. The van der Waals surface area contributed by atoms with E-state index in [2.05, 4.69) is 20.9 Å². The molecular formula is C7H7BrN2O2. The summed E-state index contributed by atoms with van der Waals surface area (Å²) in [7, 11) is 1.76. The zero-order valence-electron chi connectivity index (χ0n) is 6.40. The minimum absolute atomic E-state index is 0.289. The monoisotopic (exact) mass is 230 g/mol. The molecule has 0 N–H and O–H groups in total. The number of carbonyl (C=O) groups excluding carboxylic acids is 2. The maximum atomic E-state index is 11.0. The van der Waals surface area contributed by atoms with Gasteiger partial charge in [0.05, 0.1) is 12.0 Å². The van der Waals surface area contributed by atoms with E-state index in [0.29, 0.717) is 5.70 Å². The lowest BCUT2D eigenvalue weighted by Gasteiger charge is -2.11. The Morgan fingerprint density at radius 2 is 2.50 bits per heavy atom. The van der Waals surface area contributed by atoms with Gasteiger partial charge in [0.15, 0.2) is 12.3 Å². The van der Waals surface area contributed by atoms with Crippen LogP contribution in [0.1, 0.15) is 0 Å². The van der Waals surface area contributed by atoms with Crippen molar-refractivity contribution in [2.75, 3.05) is 7.05 Å². The number of likely N-dealkylation sites (N-methyl/N-ethyl adjacent to an activating group) is 1. The van der Waals surface area contributed by atoms with Crippen molar-refractivity contribution in [2.24, 2.45) is 4.99 Å². The number of hydrogen-bond acceptors (Lipinski definition) is 4. The lowest BCUT2D eigenvalue weighted by atomic mass is 10.2. The molecule has 0 aromatic heterocycles. The first-order valence-electron chi connectivity index (χ1n) is 3.26. The van der Waals surface area contributed by atoms with Crippen molar-refractivity contribution < 1.29 is 9.59 Å². The van der Waals surface area contributed by atoms with Gasteiger partial charge in [-0.15, -0.1) is 0 Å². The second-order valence-electron chi connectivity index (χ2n) is 2.33. The number of hydrogen-bond donors (Lipinski definition) is 0. The van der Waals surface area contributed by atoms with E-state index in [0.717, 1.165) is 0 Å². The average Bonchev–Trinajstić information content (AvgIpc) is 2.45. The standard InChI is InChI=1S/C7H7BrN2O2/c1-10-4-9-7(5(10)2-8)6(12)3-11/h2-4,7H,1H3/b5-2-. The van der Waals surface area contributed by atoms with Gasteiger partial charge in [0.25, 0.3) is 0 Å². The van der Waals surface area contributed by atoms with E-state index in [1.54, 1.807) is 16.9 Å². The molecule has 0 saturated carbocycles. The molecule has 5 heteroatoms. The molecule has 1 unspecified atom stereocenters. The fourth-order valence-electron chi connectivity index (χ4n) is 0.923. The topological polar surface area (TPSA) is 49.7 Å². The first-order chi connectivity index (χ1) is 5.70. The number of nitrogens with zero attached hydrogens (tertiary/aromatic N) is 2. The van der Waals surface area contributed by atoms with E-state index < -0.39 is 11.8 Å². The Balaban J connectivity index is 2.87. The minimum Gasteiger partial charge on any atom is -0.337 e. The highest BCUT2D eigenvalue weighted by Gasteiger charge is 2.27. The Hall–Kier alpha value is -0.970. The molecule has 0 radical (unpaired) electrons. The molecule has 0 amide bonds. The van der Waals surface area contributed by atoms with Gasteiger partial charge < -0.3 is 4.90 Å². The molecule has 1 aliphatic heterocycles. The highest BCUT2D eigenvalue weighted by atomic mass is 79.9. The summed E-state index contributed by atoms with van der Waals surface area (Å²) in [5.74, 6) is -0.527. The predicted molar refractivity (Wildman–Crippen MR) is 48.1 cm³/mol. The number of aldehydes is 1. The van der Waals surface area contributed by atoms with E-state index in [4.69, 9.17) is 0 Å². The highest BCUT2D eigenvalue weighted by molar-refractivity contribution is 9.11. The van der Waals surface area contributed by atoms with Crippen molar-refractivity contribution in [3.63, 3.8) is 0 Å². The van der Waals surface area contributed by atoms with Gasteiger partial charge in [-0.05, 0) is 0 Å². The summed E-state index contributed by atoms with van der Waals surface area (Å²) in [5.41, 5.74) is 0.673. The average molecular weight is 231 g/mol. The van der Waals surface area contributed by atoms with Crippen molar-refractivity contribution >= 4 is 34.3 Å². The lowest BCUT2D eigenvalue weighted by molar-refractivity contribution is -0.130. The van der Waals surface area contributed by atoms with E-state index >= 15 is 0 Å². The van der Waals surface area contributed by atoms with E-state index in [-0.39, 0.29) is 6.29 Å². The van der Waals surface area contributed by atoms with Crippen LogP contribution in [0.25, 0.3) is 0 Å². The molecular weight excluding hydrogens is 224 g/mol. The van der Waals surface area contributed by atoms with Crippen LogP contribution in [0, 0.1) is 0 Å². The van der Waals surface area contributed by atoms with Crippen molar-refractivity contribution in [3.05, 3.63) is 10.7 Å². The first-order valence-corrected chi connectivity index (χ1v) is 4.17. The van der Waals surface area contributed by atoms with Crippen molar-refractivity contribution in [1.82, 2.24) is 4.90 Å². The third-order valence-corrected chi connectivity index (χ3v) is 2.04.